The first-order valence-electron chi connectivity index (χ1n) is 5.57. The molecule has 8 nitrogen and oxygen atoms in total. The number of rotatable bonds is 4. The van der Waals surface area contributed by atoms with Crippen molar-refractivity contribution in [3.63, 3.8) is 0 Å². The molecule has 1 aliphatic rings. The third-order valence-corrected chi connectivity index (χ3v) is 3.43. The molecule has 112 valence electrons. The lowest BCUT2D eigenvalue weighted by atomic mass is 10.2. The van der Waals surface area contributed by atoms with E-state index in [1.165, 1.54) is 12.3 Å². The van der Waals surface area contributed by atoms with Crippen molar-refractivity contribution < 1.29 is 28.0 Å². The number of aromatic amines is 1. The van der Waals surface area contributed by atoms with E-state index in [1.807, 2.05) is 0 Å². The summed E-state index contributed by atoms with van der Waals surface area (Å²) in [5.74, 6) is -2.35. The Hall–Kier alpha value is -0.900. The molecular weight excluding hydrogens is 314 g/mol. The number of hydrogen-bond donors (Lipinski definition) is 3. The zero-order valence-corrected chi connectivity index (χ0v) is 11.8. The molecule has 1 aromatic heterocycles. The second kappa shape index (κ2) is 5.47. The predicted molar refractivity (Wildman–Crippen MR) is 67.1 cm³/mol. The van der Waals surface area contributed by atoms with Crippen molar-refractivity contribution >= 4 is 20.0 Å². The van der Waals surface area contributed by atoms with Gasteiger partial charge in [0.15, 0.2) is 0 Å². The van der Waals surface area contributed by atoms with E-state index in [0.29, 0.717) is 0 Å². The van der Waals surface area contributed by atoms with E-state index in [-0.39, 0.29) is 17.5 Å². The molecule has 2 atom stereocenters. The zero-order valence-electron chi connectivity index (χ0n) is 10.1. The summed E-state index contributed by atoms with van der Waals surface area (Å²) in [6.45, 7) is -0.911. The van der Waals surface area contributed by atoms with Gasteiger partial charge in [-0.15, -0.1) is 0 Å². The minimum Gasteiger partial charge on any atom is -0.320 e. The summed E-state index contributed by atoms with van der Waals surface area (Å²) in [6, 6.07) is 1.45. The molecule has 11 heteroatoms. The van der Waals surface area contributed by atoms with Gasteiger partial charge in [-0.2, -0.15) is 0 Å². The Labute approximate surface area is 117 Å². The average Bonchev–Trinajstić information content (AvgIpc) is 2.69. The largest absolute Gasteiger partial charge is 0.469 e. The molecule has 0 radical (unpaired) electrons. The molecule has 2 heterocycles. The number of ether oxygens (including phenoxy) is 1. The molecule has 1 aliphatic heterocycles. The van der Waals surface area contributed by atoms with Gasteiger partial charge < -0.3 is 14.5 Å². The number of phosphoric ester groups is 1. The normalized spacial score (nSPS) is 26.9. The van der Waals surface area contributed by atoms with E-state index in [2.05, 4.69) is 9.51 Å². The molecule has 0 aromatic carbocycles. The Kier molecular flexibility index (Phi) is 4.24. The standard InChI is InChI=1S/C9H12FN2O6PS/c10-9(5-17-19(14,15)16)3-1-7(18-9)12-4-2-6(20)11-8(12)13/h2,4,7H,1,3,5H2,(H,11,13,20)(H2,14,15,16)/t7-,9+/m1/s1. The van der Waals surface area contributed by atoms with E-state index in [1.54, 1.807) is 0 Å². The Morgan fingerprint density at radius 1 is 1.70 bits per heavy atom. The number of H-pyrrole nitrogens is 1. The van der Waals surface area contributed by atoms with Crippen molar-refractivity contribution in [3.05, 3.63) is 27.4 Å². The molecule has 0 amide bonds. The topological polar surface area (TPSA) is 114 Å². The van der Waals surface area contributed by atoms with Gasteiger partial charge in [-0.25, -0.2) is 13.8 Å². The third-order valence-electron chi connectivity index (χ3n) is 2.72. The number of nitrogens with zero attached hydrogens (tertiary/aromatic N) is 1. The molecule has 1 saturated heterocycles. The summed E-state index contributed by atoms with van der Waals surface area (Å²) in [5, 5.41) is 0. The number of aromatic nitrogens is 2. The lowest BCUT2D eigenvalue weighted by Crippen LogP contribution is -2.31. The molecule has 1 fully saturated rings. The van der Waals surface area contributed by atoms with Crippen LogP contribution in [0.1, 0.15) is 19.1 Å². The van der Waals surface area contributed by atoms with Crippen molar-refractivity contribution in [2.75, 3.05) is 6.61 Å². The first-order valence-corrected chi connectivity index (χ1v) is 7.51. The van der Waals surface area contributed by atoms with Crippen LogP contribution in [0.5, 0.6) is 0 Å². The molecule has 0 unspecified atom stereocenters. The summed E-state index contributed by atoms with van der Waals surface area (Å²) in [4.78, 5) is 31.1. The van der Waals surface area contributed by atoms with Gasteiger partial charge in [-0.3, -0.25) is 14.1 Å². The molecule has 3 N–H and O–H groups in total. The van der Waals surface area contributed by atoms with Crippen molar-refractivity contribution in [2.24, 2.45) is 0 Å². The molecule has 0 aliphatic carbocycles. The van der Waals surface area contributed by atoms with E-state index < -0.39 is 32.2 Å². The Balaban J connectivity index is 2.10. The first kappa shape index (κ1) is 15.5. The van der Waals surface area contributed by atoms with Crippen LogP contribution >= 0.6 is 20.0 Å². The first-order chi connectivity index (χ1) is 9.19. The lowest BCUT2D eigenvalue weighted by Gasteiger charge is -2.21. The lowest BCUT2D eigenvalue weighted by molar-refractivity contribution is -0.175. The van der Waals surface area contributed by atoms with Gasteiger partial charge in [-0.05, 0) is 12.5 Å². The van der Waals surface area contributed by atoms with Crippen LogP contribution in [0.15, 0.2) is 17.1 Å². The number of alkyl halides is 1. The molecule has 0 bridgehead atoms. The van der Waals surface area contributed by atoms with Gasteiger partial charge in [0, 0.05) is 12.6 Å². The van der Waals surface area contributed by atoms with E-state index in [9.17, 15) is 13.8 Å². The zero-order chi connectivity index (χ0) is 15.0. The van der Waals surface area contributed by atoms with Crippen LogP contribution < -0.4 is 5.69 Å². The van der Waals surface area contributed by atoms with E-state index in [4.69, 9.17) is 26.7 Å². The average molecular weight is 326 g/mol. The summed E-state index contributed by atoms with van der Waals surface area (Å²) in [7, 11) is -4.78. The van der Waals surface area contributed by atoms with Crippen molar-refractivity contribution in [3.8, 4) is 0 Å². The minimum atomic E-state index is -4.78. The quantitative estimate of drug-likeness (QED) is 0.558. The molecular formula is C9H12FN2O6PS. The van der Waals surface area contributed by atoms with Gasteiger partial charge in [0.1, 0.15) is 17.5 Å². The smallest absolute Gasteiger partial charge is 0.320 e. The molecule has 0 saturated carbocycles. The van der Waals surface area contributed by atoms with E-state index >= 15 is 0 Å². The van der Waals surface area contributed by atoms with Crippen molar-refractivity contribution in [1.82, 2.24) is 9.55 Å². The summed E-state index contributed by atoms with van der Waals surface area (Å²) in [5.41, 5.74) is -0.553. The summed E-state index contributed by atoms with van der Waals surface area (Å²) < 4.78 is 35.2. The van der Waals surface area contributed by atoms with Crippen molar-refractivity contribution in [2.45, 2.75) is 24.9 Å². The van der Waals surface area contributed by atoms with Gasteiger partial charge >= 0.3 is 13.5 Å². The predicted octanol–water partition coefficient (Wildman–Crippen LogP) is 0.990. The Morgan fingerprint density at radius 2 is 2.40 bits per heavy atom. The fraction of sp³-hybridized carbons (Fsp3) is 0.556. The Morgan fingerprint density at radius 3 is 3.00 bits per heavy atom. The Bertz CT molecular complexity index is 656. The third kappa shape index (κ3) is 3.81. The molecule has 20 heavy (non-hydrogen) atoms. The number of nitrogens with one attached hydrogen (secondary N) is 1. The number of halogens is 1. The van der Waals surface area contributed by atoms with Crippen LogP contribution in [0.25, 0.3) is 0 Å². The van der Waals surface area contributed by atoms with Crippen LogP contribution in [0.4, 0.5) is 4.39 Å². The molecule has 0 spiro atoms. The van der Waals surface area contributed by atoms with Gasteiger partial charge in [0.25, 0.3) is 0 Å². The van der Waals surface area contributed by atoms with Gasteiger partial charge in [-0.1, -0.05) is 12.2 Å². The highest BCUT2D eigenvalue weighted by atomic mass is 32.1. The van der Waals surface area contributed by atoms with Crippen LogP contribution in [-0.4, -0.2) is 31.8 Å². The monoisotopic (exact) mass is 326 g/mol. The van der Waals surface area contributed by atoms with Crippen LogP contribution in [0, 0.1) is 4.64 Å². The fourth-order valence-corrected chi connectivity index (χ4v) is 2.35. The summed E-state index contributed by atoms with van der Waals surface area (Å²) >= 11 is 4.77. The van der Waals surface area contributed by atoms with Crippen LogP contribution in [0.2, 0.25) is 0 Å². The second-order valence-electron chi connectivity index (χ2n) is 4.28. The van der Waals surface area contributed by atoms with Gasteiger partial charge in [0.2, 0.25) is 5.85 Å². The maximum Gasteiger partial charge on any atom is 0.469 e. The van der Waals surface area contributed by atoms with Gasteiger partial charge in [0.05, 0.1) is 0 Å². The van der Waals surface area contributed by atoms with Crippen LogP contribution in [-0.2, 0) is 13.8 Å². The van der Waals surface area contributed by atoms with Crippen molar-refractivity contribution in [1.29, 1.82) is 0 Å². The highest BCUT2D eigenvalue weighted by Gasteiger charge is 2.43. The SMILES string of the molecule is O=c1[nH]c(=S)ccn1[C@H]1CC[C@@](F)(COP(=O)(O)O)O1. The van der Waals surface area contributed by atoms with E-state index in [0.717, 1.165) is 4.57 Å². The number of hydrogen-bond acceptors (Lipinski definition) is 5. The summed E-state index contributed by atoms with van der Waals surface area (Å²) in [6.07, 6.45) is 0.479. The maximum atomic E-state index is 14.2. The van der Waals surface area contributed by atoms with Crippen LogP contribution in [0.3, 0.4) is 0 Å². The maximum absolute atomic E-state index is 14.2. The minimum absolute atomic E-state index is 0.153. The second-order valence-corrected chi connectivity index (χ2v) is 5.95. The number of phosphoric acid groups is 1. The highest BCUT2D eigenvalue weighted by Crippen LogP contribution is 2.42. The molecule has 1 aromatic rings. The fourth-order valence-electron chi connectivity index (χ4n) is 1.84. The highest BCUT2D eigenvalue weighted by molar-refractivity contribution is 7.71. The molecule has 2 rings (SSSR count).